The van der Waals surface area contributed by atoms with Gasteiger partial charge in [-0.15, -0.1) is 0 Å². The van der Waals surface area contributed by atoms with Gasteiger partial charge in [0.1, 0.15) is 11.6 Å². The fourth-order valence-corrected chi connectivity index (χ4v) is 3.30. The molecule has 6 heteroatoms. The fraction of sp³-hybridized carbons (Fsp3) is 0.136. The number of aryl methyl sites for hydroxylation is 3. The van der Waals surface area contributed by atoms with Gasteiger partial charge in [-0.2, -0.15) is 9.97 Å². The maximum atomic E-state index is 12.4. The first kappa shape index (κ1) is 17.7. The van der Waals surface area contributed by atoms with Gasteiger partial charge in [0.15, 0.2) is 0 Å². The summed E-state index contributed by atoms with van der Waals surface area (Å²) in [6.45, 7) is 3.94. The Kier molecular flexibility index (Phi) is 4.31. The topological polar surface area (TPSA) is 83.0 Å². The lowest BCUT2D eigenvalue weighted by molar-refractivity contribution is 0.437. The summed E-state index contributed by atoms with van der Waals surface area (Å²) in [5.41, 5.74) is 9.34. The molecule has 6 nitrogen and oxygen atoms in total. The number of aromatic nitrogens is 3. The minimum absolute atomic E-state index is 0.0617. The molecule has 2 aromatic carbocycles. The SMILES string of the molecule is Cc1cccc(C)c1Oc1nc(N)cc(-c2cn(C)c(=O)c3ccccc23)n1. The van der Waals surface area contributed by atoms with E-state index >= 15 is 0 Å². The number of ether oxygens (including phenoxy) is 1. The number of nitrogens with zero attached hydrogens (tertiary/aromatic N) is 3. The number of fused-ring (bicyclic) bond motifs is 1. The standard InChI is InChI=1S/C22H20N4O2/c1-13-7-6-8-14(2)20(13)28-22-24-18(11-19(23)25-22)17-12-26(3)21(27)16-10-5-4-9-15(16)17/h4-12H,1-3H3,(H2,23,24,25). The van der Waals surface area contributed by atoms with Gasteiger partial charge in [0.05, 0.1) is 5.69 Å². The molecule has 0 bridgehead atoms. The van der Waals surface area contributed by atoms with Crippen molar-refractivity contribution in [3.05, 3.63) is 76.2 Å². The van der Waals surface area contributed by atoms with E-state index in [4.69, 9.17) is 10.5 Å². The molecule has 0 atom stereocenters. The van der Waals surface area contributed by atoms with Crippen molar-refractivity contribution < 1.29 is 4.74 Å². The number of pyridine rings is 1. The van der Waals surface area contributed by atoms with Gasteiger partial charge in [-0.05, 0) is 36.4 Å². The summed E-state index contributed by atoms with van der Waals surface area (Å²) < 4.78 is 7.52. The van der Waals surface area contributed by atoms with Gasteiger partial charge < -0.3 is 15.0 Å². The molecule has 0 amide bonds. The van der Waals surface area contributed by atoms with Crippen molar-refractivity contribution in [2.45, 2.75) is 13.8 Å². The maximum absolute atomic E-state index is 12.4. The maximum Gasteiger partial charge on any atom is 0.324 e. The van der Waals surface area contributed by atoms with Crippen LogP contribution >= 0.6 is 0 Å². The van der Waals surface area contributed by atoms with Crippen LogP contribution in [0.2, 0.25) is 0 Å². The van der Waals surface area contributed by atoms with Gasteiger partial charge in [-0.1, -0.05) is 36.4 Å². The highest BCUT2D eigenvalue weighted by Crippen LogP contribution is 2.30. The van der Waals surface area contributed by atoms with Crippen molar-refractivity contribution in [1.29, 1.82) is 0 Å². The van der Waals surface area contributed by atoms with Crippen LogP contribution in [0.4, 0.5) is 5.82 Å². The number of nitrogen functional groups attached to an aromatic ring is 1. The molecule has 4 aromatic rings. The average molecular weight is 372 g/mol. The van der Waals surface area contributed by atoms with E-state index < -0.39 is 0 Å². The van der Waals surface area contributed by atoms with Gasteiger partial charge in [0.2, 0.25) is 0 Å². The minimum Gasteiger partial charge on any atom is -0.424 e. The molecule has 0 fully saturated rings. The summed E-state index contributed by atoms with van der Waals surface area (Å²) >= 11 is 0. The highest BCUT2D eigenvalue weighted by Gasteiger charge is 2.14. The Morgan fingerprint density at radius 3 is 2.36 bits per heavy atom. The summed E-state index contributed by atoms with van der Waals surface area (Å²) in [7, 11) is 1.72. The Hall–Kier alpha value is -3.67. The van der Waals surface area contributed by atoms with Crippen molar-refractivity contribution in [2.24, 2.45) is 7.05 Å². The monoisotopic (exact) mass is 372 g/mol. The molecular weight excluding hydrogens is 352 g/mol. The van der Waals surface area contributed by atoms with Crippen LogP contribution in [0.15, 0.2) is 59.5 Å². The molecule has 0 aliphatic heterocycles. The van der Waals surface area contributed by atoms with E-state index in [9.17, 15) is 4.79 Å². The molecular formula is C22H20N4O2. The van der Waals surface area contributed by atoms with E-state index in [-0.39, 0.29) is 11.6 Å². The predicted octanol–water partition coefficient (Wildman–Crippen LogP) is 3.99. The summed E-state index contributed by atoms with van der Waals surface area (Å²) in [6.07, 6.45) is 1.76. The quantitative estimate of drug-likeness (QED) is 0.588. The zero-order valence-corrected chi connectivity index (χ0v) is 15.9. The third-order valence-corrected chi connectivity index (χ3v) is 4.69. The highest BCUT2D eigenvalue weighted by atomic mass is 16.5. The van der Waals surface area contributed by atoms with E-state index in [1.165, 1.54) is 0 Å². The third kappa shape index (κ3) is 3.09. The average Bonchev–Trinajstić information content (AvgIpc) is 2.67. The number of para-hydroxylation sites is 1. The second kappa shape index (κ2) is 6.81. The van der Waals surface area contributed by atoms with E-state index in [1.54, 1.807) is 29.9 Å². The Labute approximate surface area is 162 Å². The zero-order chi connectivity index (χ0) is 19.8. The summed E-state index contributed by atoms with van der Waals surface area (Å²) in [5, 5.41) is 1.43. The highest BCUT2D eigenvalue weighted by molar-refractivity contribution is 5.95. The van der Waals surface area contributed by atoms with Gasteiger partial charge in [0.25, 0.3) is 5.56 Å². The van der Waals surface area contributed by atoms with E-state index in [0.717, 1.165) is 22.1 Å². The molecule has 140 valence electrons. The number of nitrogens with two attached hydrogens (primary N) is 1. The normalized spacial score (nSPS) is 11.0. The number of benzene rings is 2. The van der Waals surface area contributed by atoms with Crippen molar-refractivity contribution in [3.63, 3.8) is 0 Å². The lowest BCUT2D eigenvalue weighted by Crippen LogP contribution is -2.16. The van der Waals surface area contributed by atoms with Crippen LogP contribution in [-0.2, 0) is 7.05 Å². The van der Waals surface area contributed by atoms with Crippen LogP contribution in [0.1, 0.15) is 11.1 Å². The van der Waals surface area contributed by atoms with Crippen molar-refractivity contribution >= 4 is 16.6 Å². The minimum atomic E-state index is -0.0617. The second-order valence-electron chi connectivity index (χ2n) is 6.79. The Morgan fingerprint density at radius 1 is 0.964 bits per heavy atom. The third-order valence-electron chi connectivity index (χ3n) is 4.69. The first-order valence-electron chi connectivity index (χ1n) is 8.91. The molecule has 2 heterocycles. The lowest BCUT2D eigenvalue weighted by atomic mass is 10.0. The van der Waals surface area contributed by atoms with Crippen LogP contribution in [0.25, 0.3) is 22.0 Å². The van der Waals surface area contributed by atoms with Crippen molar-refractivity contribution in [2.75, 3.05) is 5.73 Å². The van der Waals surface area contributed by atoms with E-state index in [2.05, 4.69) is 9.97 Å². The predicted molar refractivity (Wildman–Crippen MR) is 111 cm³/mol. The fourth-order valence-electron chi connectivity index (χ4n) is 3.30. The molecule has 2 N–H and O–H groups in total. The Bertz CT molecular complexity index is 1240. The van der Waals surface area contributed by atoms with E-state index in [1.807, 2.05) is 50.2 Å². The molecule has 0 aliphatic carbocycles. The molecule has 0 saturated heterocycles. The summed E-state index contributed by atoms with van der Waals surface area (Å²) in [5.74, 6) is 1.01. The molecule has 0 aliphatic rings. The van der Waals surface area contributed by atoms with Gasteiger partial charge in [0, 0.05) is 30.3 Å². The van der Waals surface area contributed by atoms with Crippen LogP contribution in [0.3, 0.4) is 0 Å². The Morgan fingerprint density at radius 2 is 1.64 bits per heavy atom. The first-order chi connectivity index (χ1) is 13.4. The molecule has 0 radical (unpaired) electrons. The molecule has 2 aromatic heterocycles. The summed E-state index contributed by atoms with van der Waals surface area (Å²) in [4.78, 5) is 21.2. The van der Waals surface area contributed by atoms with Crippen LogP contribution < -0.4 is 16.0 Å². The lowest BCUT2D eigenvalue weighted by Gasteiger charge is -2.13. The van der Waals surface area contributed by atoms with Gasteiger partial charge in [-0.25, -0.2) is 0 Å². The van der Waals surface area contributed by atoms with Gasteiger partial charge >= 0.3 is 6.01 Å². The number of rotatable bonds is 3. The van der Waals surface area contributed by atoms with E-state index in [0.29, 0.717) is 22.6 Å². The van der Waals surface area contributed by atoms with Crippen LogP contribution in [-0.4, -0.2) is 14.5 Å². The molecule has 28 heavy (non-hydrogen) atoms. The first-order valence-corrected chi connectivity index (χ1v) is 8.91. The molecule has 4 rings (SSSR count). The largest absolute Gasteiger partial charge is 0.424 e. The molecule has 0 saturated carbocycles. The molecule has 0 unspecified atom stereocenters. The smallest absolute Gasteiger partial charge is 0.324 e. The summed E-state index contributed by atoms with van der Waals surface area (Å²) in [6, 6.07) is 15.2. The number of hydrogen-bond acceptors (Lipinski definition) is 5. The van der Waals surface area contributed by atoms with Crippen molar-refractivity contribution in [1.82, 2.24) is 14.5 Å². The molecule has 0 spiro atoms. The number of hydrogen-bond donors (Lipinski definition) is 1. The van der Waals surface area contributed by atoms with Gasteiger partial charge in [-0.3, -0.25) is 4.79 Å². The second-order valence-corrected chi connectivity index (χ2v) is 6.79. The van der Waals surface area contributed by atoms with Crippen LogP contribution in [0, 0.1) is 13.8 Å². The Balaban J connectivity index is 1.88. The number of anilines is 1. The van der Waals surface area contributed by atoms with Crippen molar-refractivity contribution in [3.8, 4) is 23.0 Å². The van der Waals surface area contributed by atoms with Crippen LogP contribution in [0.5, 0.6) is 11.8 Å². The zero-order valence-electron chi connectivity index (χ0n) is 15.9.